The molecule has 0 aliphatic heterocycles. The predicted octanol–water partition coefficient (Wildman–Crippen LogP) is -0.168. The van der Waals surface area contributed by atoms with E-state index in [-0.39, 0.29) is 41.0 Å². The van der Waals surface area contributed by atoms with E-state index in [4.69, 9.17) is 0 Å². The first-order valence-corrected chi connectivity index (χ1v) is 4.85. The summed E-state index contributed by atoms with van der Waals surface area (Å²) in [4.78, 5) is 10.6. The monoisotopic (exact) mass is 268 g/mol. The van der Waals surface area contributed by atoms with Crippen molar-refractivity contribution >= 4 is 5.91 Å². The first kappa shape index (κ1) is 17.4. The number of carbonyl (C=O) groups is 1. The first-order valence-electron chi connectivity index (χ1n) is 4.85. The summed E-state index contributed by atoms with van der Waals surface area (Å²) in [5.41, 5.74) is 0.936. The molecule has 0 radical (unpaired) electrons. The van der Waals surface area contributed by atoms with Gasteiger partial charge in [0.15, 0.2) is 5.91 Å². The molecule has 1 aromatic carbocycles. The van der Waals surface area contributed by atoms with Gasteiger partial charge in [-0.1, -0.05) is 36.8 Å². The van der Waals surface area contributed by atoms with Gasteiger partial charge in [-0.15, -0.1) is 6.04 Å². The Hall–Kier alpha value is -0.560. The maximum Gasteiger partial charge on any atom is 1.00 e. The SMILES string of the molecule is O=C([N-][C@@H]1C[C@H]1c1ccccc1)C(F)(F)F.[Na+].[OH-]. The van der Waals surface area contributed by atoms with Gasteiger partial charge in [0.05, 0.1) is 0 Å². The van der Waals surface area contributed by atoms with Crippen molar-refractivity contribution in [3.63, 3.8) is 0 Å². The van der Waals surface area contributed by atoms with E-state index in [1.54, 1.807) is 0 Å². The number of amides is 1. The van der Waals surface area contributed by atoms with Crippen LogP contribution in [-0.2, 0) is 4.79 Å². The molecule has 1 fully saturated rings. The van der Waals surface area contributed by atoms with Crippen molar-refractivity contribution in [2.75, 3.05) is 0 Å². The molecule has 0 saturated heterocycles. The molecule has 1 N–H and O–H groups in total. The largest absolute Gasteiger partial charge is 1.00 e. The van der Waals surface area contributed by atoms with Crippen LogP contribution in [0, 0.1) is 0 Å². The molecule has 1 aliphatic carbocycles. The van der Waals surface area contributed by atoms with Crippen LogP contribution < -0.4 is 29.6 Å². The van der Waals surface area contributed by atoms with E-state index in [0.717, 1.165) is 5.56 Å². The van der Waals surface area contributed by atoms with Crippen molar-refractivity contribution in [3.8, 4) is 0 Å². The number of hydrogen-bond donors (Lipinski definition) is 0. The van der Waals surface area contributed by atoms with Crippen LogP contribution >= 0.6 is 0 Å². The molecular weight excluding hydrogens is 258 g/mol. The first-order chi connectivity index (χ1) is 7.48. The Morgan fingerprint density at radius 2 is 1.78 bits per heavy atom. The number of benzene rings is 1. The zero-order valence-corrected chi connectivity index (χ0v) is 11.7. The molecular formula is C11H10F3NNaO2-. The van der Waals surface area contributed by atoms with Crippen LogP contribution in [-0.4, -0.2) is 23.6 Å². The summed E-state index contributed by atoms with van der Waals surface area (Å²) < 4.78 is 35.8. The molecule has 1 aromatic rings. The second-order valence-corrected chi connectivity index (χ2v) is 3.75. The molecule has 1 saturated carbocycles. The second-order valence-electron chi connectivity index (χ2n) is 3.75. The van der Waals surface area contributed by atoms with Gasteiger partial charge in [-0.2, -0.15) is 13.2 Å². The quantitative estimate of drug-likeness (QED) is 0.699. The van der Waals surface area contributed by atoms with Gasteiger partial charge >= 0.3 is 35.7 Å². The van der Waals surface area contributed by atoms with Gasteiger partial charge in [0.1, 0.15) is 0 Å². The standard InChI is InChI=1S/C11H10F3NO.Na.H2O/c12-11(13,14)10(16)15-9-6-8(9)7-4-2-1-3-5-7;;/h1-5,8-9H,6H2,(H,15,16);;1H2/q;+1;/p-2/t8-,9+;;/m0../s1. The van der Waals surface area contributed by atoms with Gasteiger partial charge in [-0.3, -0.25) is 0 Å². The van der Waals surface area contributed by atoms with E-state index in [2.05, 4.69) is 5.32 Å². The van der Waals surface area contributed by atoms with Gasteiger partial charge in [-0.25, -0.2) is 0 Å². The number of halogens is 3. The summed E-state index contributed by atoms with van der Waals surface area (Å²) in [5, 5.41) is 3.15. The molecule has 3 nitrogen and oxygen atoms in total. The molecule has 1 aliphatic rings. The second kappa shape index (κ2) is 6.56. The number of nitrogens with zero attached hydrogens (tertiary/aromatic N) is 1. The number of hydrogen-bond acceptors (Lipinski definition) is 2. The third kappa shape index (κ3) is 4.28. The van der Waals surface area contributed by atoms with Gasteiger partial charge in [0, 0.05) is 0 Å². The summed E-state index contributed by atoms with van der Waals surface area (Å²) >= 11 is 0. The Morgan fingerprint density at radius 1 is 1.22 bits per heavy atom. The Labute approximate surface area is 124 Å². The van der Waals surface area contributed by atoms with Crippen molar-refractivity contribution in [1.29, 1.82) is 0 Å². The van der Waals surface area contributed by atoms with E-state index in [0.29, 0.717) is 6.42 Å². The fraction of sp³-hybridized carbons (Fsp3) is 0.364. The van der Waals surface area contributed by atoms with Crippen LogP contribution in [0.15, 0.2) is 30.3 Å². The van der Waals surface area contributed by atoms with Crippen molar-refractivity contribution in [2.45, 2.75) is 24.6 Å². The van der Waals surface area contributed by atoms with E-state index >= 15 is 0 Å². The zero-order valence-electron chi connectivity index (χ0n) is 9.69. The van der Waals surface area contributed by atoms with Crippen LogP contribution in [0.25, 0.3) is 5.32 Å². The van der Waals surface area contributed by atoms with Crippen LogP contribution in [0.4, 0.5) is 13.2 Å². The minimum Gasteiger partial charge on any atom is -0.870 e. The number of alkyl halides is 3. The van der Waals surface area contributed by atoms with Crippen molar-refractivity contribution in [2.24, 2.45) is 0 Å². The molecule has 18 heavy (non-hydrogen) atoms. The third-order valence-corrected chi connectivity index (χ3v) is 2.51. The average molecular weight is 268 g/mol. The maximum atomic E-state index is 11.9. The number of rotatable bonds is 2. The summed E-state index contributed by atoms with van der Waals surface area (Å²) in [6.07, 6.45) is -4.32. The van der Waals surface area contributed by atoms with Gasteiger partial charge in [-0.05, 0) is 11.5 Å². The fourth-order valence-corrected chi connectivity index (χ4v) is 1.61. The van der Waals surface area contributed by atoms with Crippen LogP contribution in [0.1, 0.15) is 17.9 Å². The van der Waals surface area contributed by atoms with E-state index in [1.807, 2.05) is 30.3 Å². The van der Waals surface area contributed by atoms with Gasteiger partial charge in [0.2, 0.25) is 0 Å². The van der Waals surface area contributed by atoms with E-state index in [1.165, 1.54) is 0 Å². The molecule has 0 heterocycles. The molecule has 0 unspecified atom stereocenters. The minimum absolute atomic E-state index is 0. The zero-order chi connectivity index (χ0) is 11.8. The minimum atomic E-state index is -4.84. The Balaban J connectivity index is 0.00000144. The molecule has 0 bridgehead atoms. The average Bonchev–Trinajstić information content (AvgIpc) is 2.97. The summed E-state index contributed by atoms with van der Waals surface area (Å²) in [6.45, 7) is 0. The molecule has 2 atom stereocenters. The fourth-order valence-electron chi connectivity index (χ4n) is 1.61. The molecule has 7 heteroatoms. The van der Waals surface area contributed by atoms with Crippen LogP contribution in [0.5, 0.6) is 0 Å². The summed E-state index contributed by atoms with van der Waals surface area (Å²) in [7, 11) is 0. The van der Waals surface area contributed by atoms with Crippen molar-refractivity contribution in [1.82, 2.24) is 0 Å². The van der Waals surface area contributed by atoms with E-state index in [9.17, 15) is 18.0 Å². The maximum absolute atomic E-state index is 11.9. The molecule has 2 rings (SSSR count). The normalized spacial score (nSPS) is 21.3. The number of carbonyl (C=O) groups excluding carboxylic acids is 1. The van der Waals surface area contributed by atoms with Crippen molar-refractivity contribution in [3.05, 3.63) is 41.2 Å². The van der Waals surface area contributed by atoms with Gasteiger partial charge < -0.3 is 15.6 Å². The third-order valence-electron chi connectivity index (χ3n) is 2.51. The molecule has 94 valence electrons. The molecule has 0 spiro atoms. The molecule has 1 amide bonds. The Kier molecular flexibility index (Phi) is 6.36. The topological polar surface area (TPSA) is 61.2 Å². The Morgan fingerprint density at radius 3 is 2.28 bits per heavy atom. The smallest absolute Gasteiger partial charge is 0.870 e. The van der Waals surface area contributed by atoms with E-state index < -0.39 is 18.1 Å². The Bertz CT molecular complexity index is 397. The predicted molar refractivity (Wildman–Crippen MR) is 53.9 cm³/mol. The van der Waals surface area contributed by atoms with Gasteiger partial charge in [0.25, 0.3) is 0 Å². The van der Waals surface area contributed by atoms with Crippen LogP contribution in [0.3, 0.4) is 0 Å². The van der Waals surface area contributed by atoms with Crippen LogP contribution in [0.2, 0.25) is 0 Å². The molecule has 0 aromatic heterocycles. The van der Waals surface area contributed by atoms with Crippen molar-refractivity contribution < 1.29 is 53.0 Å². The summed E-state index contributed by atoms with van der Waals surface area (Å²) in [5.74, 6) is -2.01. The summed E-state index contributed by atoms with van der Waals surface area (Å²) in [6, 6.07) is 8.62.